The van der Waals surface area contributed by atoms with Crippen LogP contribution in [-0.2, 0) is 14.8 Å². The molecule has 5 nitrogen and oxygen atoms in total. The van der Waals surface area contributed by atoms with E-state index in [0.717, 1.165) is 12.1 Å². The smallest absolute Gasteiger partial charge is 0.243 e. The molecule has 0 aliphatic heterocycles. The van der Waals surface area contributed by atoms with Gasteiger partial charge >= 0.3 is 0 Å². The van der Waals surface area contributed by atoms with Gasteiger partial charge in [0.15, 0.2) is 0 Å². The van der Waals surface area contributed by atoms with Crippen molar-refractivity contribution in [3.8, 4) is 0 Å². The van der Waals surface area contributed by atoms with Gasteiger partial charge in [-0.3, -0.25) is 0 Å². The second kappa shape index (κ2) is 6.12. The van der Waals surface area contributed by atoms with E-state index in [4.69, 9.17) is 10.5 Å². The number of hydrogen-bond donors (Lipinski definition) is 1. The SMILES string of the molecule is CCN(CCOC)S(=O)(=O)c1cc(N)cc(F)c1. The van der Waals surface area contributed by atoms with Crippen molar-refractivity contribution < 1.29 is 17.5 Å². The number of likely N-dealkylation sites (N-methyl/N-ethyl adjacent to an activating group) is 1. The molecule has 0 spiro atoms. The lowest BCUT2D eigenvalue weighted by Gasteiger charge is -2.20. The van der Waals surface area contributed by atoms with E-state index in [0.29, 0.717) is 0 Å². The Morgan fingerprint density at radius 2 is 2.06 bits per heavy atom. The first-order chi connectivity index (χ1) is 8.41. The molecule has 0 aliphatic carbocycles. The van der Waals surface area contributed by atoms with Crippen LogP contribution in [0, 0.1) is 5.82 Å². The molecule has 0 amide bonds. The Morgan fingerprint density at radius 3 is 2.56 bits per heavy atom. The first-order valence-corrected chi connectivity index (χ1v) is 6.91. The van der Waals surface area contributed by atoms with Gasteiger partial charge in [0, 0.05) is 25.9 Å². The van der Waals surface area contributed by atoms with Gasteiger partial charge in [-0.05, 0) is 18.2 Å². The summed E-state index contributed by atoms with van der Waals surface area (Å²) in [5, 5.41) is 0. The minimum atomic E-state index is -3.74. The third kappa shape index (κ3) is 3.41. The Morgan fingerprint density at radius 1 is 1.39 bits per heavy atom. The zero-order valence-electron chi connectivity index (χ0n) is 10.4. The third-order valence-corrected chi connectivity index (χ3v) is 4.38. The van der Waals surface area contributed by atoms with Crippen molar-refractivity contribution in [3.05, 3.63) is 24.0 Å². The quantitative estimate of drug-likeness (QED) is 0.789. The number of halogens is 1. The molecule has 1 rings (SSSR count). The van der Waals surface area contributed by atoms with Gasteiger partial charge in [-0.15, -0.1) is 0 Å². The van der Waals surface area contributed by atoms with E-state index in [9.17, 15) is 12.8 Å². The molecule has 1 aromatic carbocycles. The fraction of sp³-hybridized carbons (Fsp3) is 0.455. The molecule has 0 aliphatic rings. The van der Waals surface area contributed by atoms with Crippen LogP contribution in [0.25, 0.3) is 0 Å². The maximum absolute atomic E-state index is 13.2. The summed E-state index contributed by atoms with van der Waals surface area (Å²) in [7, 11) is -2.25. The lowest BCUT2D eigenvalue weighted by atomic mass is 10.3. The maximum Gasteiger partial charge on any atom is 0.243 e. The number of methoxy groups -OCH3 is 1. The predicted molar refractivity (Wildman–Crippen MR) is 67.1 cm³/mol. The van der Waals surface area contributed by atoms with Crippen molar-refractivity contribution in [3.63, 3.8) is 0 Å². The Labute approximate surface area is 106 Å². The highest BCUT2D eigenvalue weighted by Gasteiger charge is 2.23. The van der Waals surface area contributed by atoms with Crippen LogP contribution >= 0.6 is 0 Å². The number of hydrogen-bond acceptors (Lipinski definition) is 4. The molecule has 0 fully saturated rings. The summed E-state index contributed by atoms with van der Waals surface area (Å²) in [5.41, 5.74) is 5.53. The van der Waals surface area contributed by atoms with Crippen LogP contribution in [0.15, 0.2) is 23.1 Å². The number of rotatable bonds is 6. The van der Waals surface area contributed by atoms with Crippen molar-refractivity contribution >= 4 is 15.7 Å². The maximum atomic E-state index is 13.2. The molecule has 0 unspecified atom stereocenters. The number of anilines is 1. The number of sulfonamides is 1. The summed E-state index contributed by atoms with van der Waals surface area (Å²) in [6, 6.07) is 3.28. The number of benzene rings is 1. The lowest BCUT2D eigenvalue weighted by Crippen LogP contribution is -2.33. The molecule has 0 heterocycles. The van der Waals surface area contributed by atoms with Gasteiger partial charge in [0.05, 0.1) is 11.5 Å². The molecule has 0 bridgehead atoms. The Kier molecular flexibility index (Phi) is 5.06. The van der Waals surface area contributed by atoms with E-state index in [1.54, 1.807) is 6.92 Å². The van der Waals surface area contributed by atoms with Crippen LogP contribution < -0.4 is 5.73 Å². The van der Waals surface area contributed by atoms with Gasteiger partial charge in [0.1, 0.15) is 5.82 Å². The first-order valence-electron chi connectivity index (χ1n) is 5.47. The topological polar surface area (TPSA) is 72.6 Å². The normalized spacial score (nSPS) is 12.0. The van der Waals surface area contributed by atoms with Crippen LogP contribution in [0.4, 0.5) is 10.1 Å². The average molecular weight is 276 g/mol. The van der Waals surface area contributed by atoms with Crippen LogP contribution in [-0.4, -0.2) is 39.5 Å². The van der Waals surface area contributed by atoms with Gasteiger partial charge in [0.2, 0.25) is 10.0 Å². The van der Waals surface area contributed by atoms with Crippen molar-refractivity contribution in [2.45, 2.75) is 11.8 Å². The summed E-state index contributed by atoms with van der Waals surface area (Å²) in [4.78, 5) is -0.141. The minimum Gasteiger partial charge on any atom is -0.399 e. The Balaban J connectivity index is 3.10. The number of nitrogen functional groups attached to an aromatic ring is 1. The van der Waals surface area contributed by atoms with Crippen molar-refractivity contribution in [2.24, 2.45) is 0 Å². The summed E-state index contributed by atoms with van der Waals surface area (Å²) < 4.78 is 43.7. The van der Waals surface area contributed by atoms with Gasteiger partial charge in [-0.1, -0.05) is 6.92 Å². The van der Waals surface area contributed by atoms with E-state index in [1.165, 1.54) is 17.5 Å². The van der Waals surface area contributed by atoms with Gasteiger partial charge < -0.3 is 10.5 Å². The fourth-order valence-electron chi connectivity index (χ4n) is 1.52. The Bertz CT molecular complexity index is 485. The average Bonchev–Trinajstić information content (AvgIpc) is 2.28. The zero-order chi connectivity index (χ0) is 13.8. The molecule has 0 saturated carbocycles. The van der Waals surface area contributed by atoms with Gasteiger partial charge in [-0.25, -0.2) is 12.8 Å². The second-order valence-electron chi connectivity index (χ2n) is 3.71. The zero-order valence-corrected chi connectivity index (χ0v) is 11.2. The summed E-state index contributed by atoms with van der Waals surface area (Å²) in [6.07, 6.45) is 0. The number of nitrogens with zero attached hydrogens (tertiary/aromatic N) is 1. The van der Waals surface area contributed by atoms with Crippen LogP contribution in [0.3, 0.4) is 0 Å². The second-order valence-corrected chi connectivity index (χ2v) is 5.65. The molecule has 0 radical (unpaired) electrons. The van der Waals surface area contributed by atoms with Gasteiger partial charge in [0.25, 0.3) is 0 Å². The molecule has 2 N–H and O–H groups in total. The first kappa shape index (κ1) is 14.9. The lowest BCUT2D eigenvalue weighted by molar-refractivity contribution is 0.180. The van der Waals surface area contributed by atoms with Crippen molar-refractivity contribution in [1.29, 1.82) is 0 Å². The molecule has 0 atom stereocenters. The molecule has 1 aromatic rings. The Hall–Kier alpha value is -1.18. The number of nitrogens with two attached hydrogens (primary N) is 1. The molecule has 0 aromatic heterocycles. The molecule has 0 saturated heterocycles. The predicted octanol–water partition coefficient (Wildman–Crippen LogP) is 1.06. The van der Waals surface area contributed by atoms with Crippen molar-refractivity contribution in [2.75, 3.05) is 32.5 Å². The van der Waals surface area contributed by atoms with E-state index in [-0.39, 0.29) is 30.3 Å². The largest absolute Gasteiger partial charge is 0.399 e. The summed E-state index contributed by atoms with van der Waals surface area (Å²) in [6.45, 7) is 2.47. The van der Waals surface area contributed by atoms with Crippen LogP contribution in [0.5, 0.6) is 0 Å². The monoisotopic (exact) mass is 276 g/mol. The van der Waals surface area contributed by atoms with E-state index < -0.39 is 15.8 Å². The highest BCUT2D eigenvalue weighted by atomic mass is 32.2. The van der Waals surface area contributed by atoms with Crippen molar-refractivity contribution in [1.82, 2.24) is 4.31 Å². The molecule has 18 heavy (non-hydrogen) atoms. The third-order valence-electron chi connectivity index (χ3n) is 2.43. The molecule has 7 heteroatoms. The fourth-order valence-corrected chi connectivity index (χ4v) is 3.02. The standard InChI is InChI=1S/C11H17FN2O3S/c1-3-14(4-5-17-2)18(15,16)11-7-9(12)6-10(13)8-11/h6-8H,3-5,13H2,1-2H3. The highest BCUT2D eigenvalue weighted by Crippen LogP contribution is 2.19. The molecular formula is C11H17FN2O3S. The molecule has 102 valence electrons. The highest BCUT2D eigenvalue weighted by molar-refractivity contribution is 7.89. The van der Waals surface area contributed by atoms with E-state index >= 15 is 0 Å². The molecular weight excluding hydrogens is 259 g/mol. The van der Waals surface area contributed by atoms with Crippen LogP contribution in [0.1, 0.15) is 6.92 Å². The summed E-state index contributed by atoms with van der Waals surface area (Å²) in [5.74, 6) is -0.670. The minimum absolute atomic E-state index is 0.0800. The van der Waals surface area contributed by atoms with Gasteiger partial charge in [-0.2, -0.15) is 4.31 Å². The number of ether oxygens (including phenoxy) is 1. The van der Waals surface area contributed by atoms with Crippen LogP contribution in [0.2, 0.25) is 0 Å². The van der Waals surface area contributed by atoms with E-state index in [2.05, 4.69) is 0 Å². The summed E-state index contributed by atoms with van der Waals surface area (Å²) >= 11 is 0. The van der Waals surface area contributed by atoms with E-state index in [1.807, 2.05) is 0 Å².